The largest absolute Gasteiger partial charge is 0.435 e. The Morgan fingerprint density at radius 3 is 2.59 bits per heavy atom. The molecule has 39 heavy (non-hydrogen) atoms. The van der Waals surface area contributed by atoms with Crippen molar-refractivity contribution in [2.24, 2.45) is 5.16 Å². The molecule has 3 aromatic rings. The fourth-order valence-corrected chi connectivity index (χ4v) is 5.72. The van der Waals surface area contributed by atoms with Crippen LogP contribution in [0.3, 0.4) is 0 Å². The molecular weight excluding hydrogens is 572 g/mol. The van der Waals surface area contributed by atoms with Crippen molar-refractivity contribution in [3.05, 3.63) is 68.4 Å². The van der Waals surface area contributed by atoms with Gasteiger partial charge in [0.15, 0.2) is 11.8 Å². The third-order valence-corrected chi connectivity index (χ3v) is 7.82. The maximum atomic E-state index is 13.2. The molecule has 1 atom stereocenters. The second-order valence-electron chi connectivity index (χ2n) is 9.06. The molecule has 5 rings (SSSR count). The highest BCUT2D eigenvalue weighted by molar-refractivity contribution is 7.10. The van der Waals surface area contributed by atoms with E-state index in [9.17, 15) is 31.1 Å². The van der Waals surface area contributed by atoms with Crippen molar-refractivity contribution in [2.45, 2.75) is 50.2 Å². The van der Waals surface area contributed by atoms with Gasteiger partial charge in [-0.05, 0) is 25.0 Å². The average Bonchev–Trinajstić information content (AvgIpc) is 3.63. The Balaban J connectivity index is 1.19. The van der Waals surface area contributed by atoms with Crippen LogP contribution < -0.4 is 0 Å². The Morgan fingerprint density at radius 1 is 1.18 bits per heavy atom. The lowest BCUT2D eigenvalue weighted by Crippen LogP contribution is -2.40. The fourth-order valence-electron chi connectivity index (χ4n) is 4.48. The number of aromatic nitrogens is 3. The van der Waals surface area contributed by atoms with Crippen LogP contribution in [0.15, 0.2) is 34.8 Å². The molecule has 4 heterocycles. The molecule has 1 radical (unpaired) electrons. The number of benzene rings is 1. The van der Waals surface area contributed by atoms with Crippen molar-refractivity contribution in [2.75, 3.05) is 13.1 Å². The van der Waals surface area contributed by atoms with Gasteiger partial charge in [-0.25, -0.2) is 4.98 Å². The summed E-state index contributed by atoms with van der Waals surface area (Å²) in [7, 11) is 0. The van der Waals surface area contributed by atoms with Gasteiger partial charge in [0.05, 0.1) is 10.7 Å². The molecule has 1 amide bonds. The number of carbonyl (C=O) groups is 1. The van der Waals surface area contributed by atoms with Crippen LogP contribution in [0.25, 0.3) is 0 Å². The van der Waals surface area contributed by atoms with E-state index in [1.165, 1.54) is 16.2 Å². The summed E-state index contributed by atoms with van der Waals surface area (Å²) in [5, 5.41) is 10.4. The third-order valence-electron chi connectivity index (χ3n) is 6.49. The number of thiazole rings is 1. The summed E-state index contributed by atoms with van der Waals surface area (Å²) < 4.78 is 78.5. The van der Waals surface area contributed by atoms with Gasteiger partial charge < -0.3 is 9.74 Å². The lowest BCUT2D eigenvalue weighted by molar-refractivity contribution is -0.146. The Kier molecular flexibility index (Phi) is 7.35. The summed E-state index contributed by atoms with van der Waals surface area (Å²) in [5.41, 5.74) is -1.28. The van der Waals surface area contributed by atoms with Crippen LogP contribution in [-0.2, 0) is 28.5 Å². The molecule has 1 fully saturated rings. The molecule has 15 heteroatoms. The van der Waals surface area contributed by atoms with E-state index < -0.39 is 36.2 Å². The highest BCUT2D eigenvalue weighted by Gasteiger charge is 2.42. The molecule has 1 saturated heterocycles. The Bertz CT molecular complexity index is 1390. The molecule has 2 aliphatic heterocycles. The lowest BCUT2D eigenvalue weighted by atomic mass is 9.97. The fraction of sp³-hybridized carbons (Fsp3) is 0.417. The van der Waals surface area contributed by atoms with Gasteiger partial charge in [0.2, 0.25) is 5.91 Å². The van der Waals surface area contributed by atoms with Crippen molar-refractivity contribution in [1.29, 1.82) is 0 Å². The van der Waals surface area contributed by atoms with Crippen LogP contribution in [-0.4, -0.2) is 44.4 Å². The van der Waals surface area contributed by atoms with E-state index in [0.717, 1.165) is 5.01 Å². The summed E-state index contributed by atoms with van der Waals surface area (Å²) in [6, 6.07) is 8.23. The third kappa shape index (κ3) is 5.91. The molecular formula is C24H19ClF6N5O2S. The van der Waals surface area contributed by atoms with Crippen LogP contribution in [0.1, 0.15) is 58.9 Å². The summed E-state index contributed by atoms with van der Waals surface area (Å²) in [5.74, 6) is -0.730. The molecule has 0 N–H and O–H groups in total. The summed E-state index contributed by atoms with van der Waals surface area (Å²) in [4.78, 5) is 24.2. The lowest BCUT2D eigenvalue weighted by Gasteiger charge is -2.31. The number of halogens is 7. The first-order valence-corrected chi connectivity index (χ1v) is 13.0. The van der Waals surface area contributed by atoms with Crippen molar-refractivity contribution < 1.29 is 36.0 Å². The molecule has 0 saturated carbocycles. The van der Waals surface area contributed by atoms with Crippen LogP contribution in [0.2, 0.25) is 5.02 Å². The van der Waals surface area contributed by atoms with Crippen molar-refractivity contribution in [3.63, 3.8) is 0 Å². The quantitative estimate of drug-likeness (QED) is 0.337. The smallest absolute Gasteiger partial charge is 0.387 e. The van der Waals surface area contributed by atoms with Crippen LogP contribution in [0.4, 0.5) is 26.3 Å². The Labute approximate surface area is 227 Å². The Hall–Kier alpha value is -3.13. The van der Waals surface area contributed by atoms with E-state index in [2.05, 4.69) is 21.3 Å². The zero-order valence-corrected chi connectivity index (χ0v) is 21.5. The van der Waals surface area contributed by atoms with E-state index in [4.69, 9.17) is 16.4 Å². The number of rotatable bonds is 5. The standard InChI is InChI=1S/C24H19ClF6N5O2S/c25-15-4-2-1-3-14(15)18-9-16(34-38-18)17-12-39-22(32-17)13-5-7-35(8-6-13)21(37)11-36-20(24(29,30)31)10-19(33-36)23(26,27)28/h1-2,4,10,12-13,18H,5-9,11H2. The van der Waals surface area contributed by atoms with Gasteiger partial charge in [0.25, 0.3) is 0 Å². The number of alkyl halides is 6. The van der Waals surface area contributed by atoms with Gasteiger partial charge in [-0.3, -0.25) is 9.48 Å². The average molecular weight is 591 g/mol. The number of hydrogen-bond acceptors (Lipinski definition) is 6. The monoisotopic (exact) mass is 590 g/mol. The van der Waals surface area contributed by atoms with Gasteiger partial charge in [-0.15, -0.1) is 11.3 Å². The second kappa shape index (κ2) is 10.5. The molecule has 2 aliphatic rings. The molecule has 7 nitrogen and oxygen atoms in total. The van der Waals surface area contributed by atoms with Gasteiger partial charge >= 0.3 is 12.4 Å². The molecule has 1 aromatic carbocycles. The minimum Gasteiger partial charge on any atom is -0.387 e. The second-order valence-corrected chi connectivity index (χ2v) is 10.4. The maximum Gasteiger partial charge on any atom is 0.435 e. The topological polar surface area (TPSA) is 72.6 Å². The first-order chi connectivity index (χ1) is 18.4. The van der Waals surface area contributed by atoms with E-state index in [-0.39, 0.29) is 35.9 Å². The summed E-state index contributed by atoms with van der Waals surface area (Å²) in [6.45, 7) is -0.496. The zero-order valence-electron chi connectivity index (χ0n) is 19.9. The number of likely N-dealkylation sites (tertiary alicyclic amines) is 1. The first kappa shape index (κ1) is 27.4. The Morgan fingerprint density at radius 2 is 1.92 bits per heavy atom. The van der Waals surface area contributed by atoms with Crippen LogP contribution in [0, 0.1) is 6.07 Å². The van der Waals surface area contributed by atoms with Crippen molar-refractivity contribution in [3.8, 4) is 0 Å². The van der Waals surface area contributed by atoms with E-state index in [1.807, 2.05) is 5.38 Å². The highest BCUT2D eigenvalue weighted by Crippen LogP contribution is 2.37. The highest BCUT2D eigenvalue weighted by atomic mass is 35.5. The number of hydrogen-bond donors (Lipinski definition) is 0. The normalized spacial score (nSPS) is 18.8. The van der Waals surface area contributed by atoms with Gasteiger partial charge in [-0.1, -0.05) is 28.9 Å². The zero-order chi connectivity index (χ0) is 27.9. The minimum atomic E-state index is -5.09. The van der Waals surface area contributed by atoms with Crippen molar-refractivity contribution >= 4 is 34.6 Å². The number of carbonyl (C=O) groups excluding carboxylic acids is 1. The predicted molar refractivity (Wildman–Crippen MR) is 128 cm³/mol. The number of nitrogens with zero attached hydrogens (tertiary/aromatic N) is 5. The summed E-state index contributed by atoms with van der Waals surface area (Å²) >= 11 is 7.66. The number of amides is 1. The number of oxime groups is 1. The first-order valence-electron chi connectivity index (χ1n) is 11.7. The van der Waals surface area contributed by atoms with Gasteiger partial charge in [0, 0.05) is 47.5 Å². The molecule has 0 spiro atoms. The van der Waals surface area contributed by atoms with Crippen molar-refractivity contribution in [1.82, 2.24) is 19.7 Å². The molecule has 0 aliphatic carbocycles. The molecule has 2 aromatic heterocycles. The number of piperidine rings is 1. The minimum absolute atomic E-state index is 0.00990. The van der Waals surface area contributed by atoms with Crippen LogP contribution >= 0.6 is 22.9 Å². The van der Waals surface area contributed by atoms with Gasteiger partial charge in [-0.2, -0.15) is 31.4 Å². The SMILES string of the molecule is O=C(Cn1nc(C(F)(F)F)cc1C(F)(F)F)N1CCC(c2nc(C3=NOC(c4[c]cccc4Cl)C3)cs2)CC1. The van der Waals surface area contributed by atoms with Gasteiger partial charge in [0.1, 0.15) is 18.0 Å². The molecule has 1 unspecified atom stereocenters. The summed E-state index contributed by atoms with van der Waals surface area (Å²) in [6.07, 6.45) is -9.06. The molecule has 207 valence electrons. The van der Waals surface area contributed by atoms with E-state index in [1.54, 1.807) is 18.2 Å². The maximum absolute atomic E-state index is 13.2. The van der Waals surface area contributed by atoms with E-state index >= 15 is 0 Å². The molecule has 0 bridgehead atoms. The van der Waals surface area contributed by atoms with Crippen LogP contribution in [0.5, 0.6) is 0 Å². The van der Waals surface area contributed by atoms with E-state index in [0.29, 0.717) is 41.3 Å². The predicted octanol–water partition coefficient (Wildman–Crippen LogP) is 6.10.